The van der Waals surface area contributed by atoms with E-state index in [0.717, 1.165) is 0 Å². The second-order valence-electron chi connectivity index (χ2n) is 4.84. The number of imidazole rings is 1. The molecule has 0 unspecified atom stereocenters. The van der Waals surface area contributed by atoms with Crippen LogP contribution in [0.5, 0.6) is 0 Å². The number of carbonyl (C=O) groups is 2. The predicted octanol–water partition coefficient (Wildman–Crippen LogP) is 1.22. The van der Waals surface area contributed by atoms with Crippen LogP contribution in [0, 0.1) is 0 Å². The molecule has 2 aromatic heterocycles. The molecule has 0 aliphatic heterocycles. The zero-order chi connectivity index (χ0) is 15.3. The summed E-state index contributed by atoms with van der Waals surface area (Å²) in [4.78, 5) is 39.8. The molecule has 0 saturated heterocycles. The Kier molecular flexibility index (Phi) is 2.43. The van der Waals surface area contributed by atoms with Crippen molar-refractivity contribution in [3.05, 3.63) is 59.2 Å². The molecule has 3 N–H and O–H groups in total. The van der Waals surface area contributed by atoms with Gasteiger partial charge in [-0.3, -0.25) is 9.59 Å². The van der Waals surface area contributed by atoms with Crippen LogP contribution in [-0.4, -0.2) is 31.5 Å². The number of fused-ring (bicyclic) bond motifs is 2. The quantitative estimate of drug-likeness (QED) is 0.545. The molecule has 7 nitrogen and oxygen atoms in total. The van der Waals surface area contributed by atoms with E-state index in [9.17, 15) is 9.59 Å². The number of nitrogens with one attached hydrogen (secondary N) is 1. The number of nitrogens with zero attached hydrogens (tertiary/aromatic N) is 3. The number of aromatic nitrogens is 4. The average molecular weight is 291 g/mol. The number of rotatable bonds is 1. The standard InChI is InChI=1S/C15H9N5O2/c16-15-17-5-7(6-18-15)14-19-10-11(20-14)13(22)9-4-2-1-3-8(9)12(10)21/h1-6H,(H,19,20)(H2,16,17,18). The first kappa shape index (κ1) is 12.4. The highest BCUT2D eigenvalue weighted by molar-refractivity contribution is 6.27. The zero-order valence-corrected chi connectivity index (χ0v) is 11.2. The molecule has 0 fully saturated rings. The van der Waals surface area contributed by atoms with Gasteiger partial charge < -0.3 is 10.7 Å². The van der Waals surface area contributed by atoms with Gasteiger partial charge in [-0.15, -0.1) is 0 Å². The number of nitrogen functional groups attached to an aromatic ring is 1. The fourth-order valence-corrected chi connectivity index (χ4v) is 2.44. The largest absolute Gasteiger partial charge is 0.368 e. The Hall–Kier alpha value is -3.35. The summed E-state index contributed by atoms with van der Waals surface area (Å²) in [5.74, 6) is -0.0245. The Morgan fingerprint density at radius 2 is 1.59 bits per heavy atom. The predicted molar refractivity (Wildman–Crippen MR) is 77.3 cm³/mol. The van der Waals surface area contributed by atoms with E-state index < -0.39 is 0 Å². The van der Waals surface area contributed by atoms with Gasteiger partial charge in [0.25, 0.3) is 0 Å². The van der Waals surface area contributed by atoms with E-state index >= 15 is 0 Å². The van der Waals surface area contributed by atoms with Gasteiger partial charge in [0, 0.05) is 23.5 Å². The van der Waals surface area contributed by atoms with Gasteiger partial charge in [0.1, 0.15) is 17.2 Å². The Morgan fingerprint density at radius 3 is 2.27 bits per heavy atom. The molecule has 1 aromatic carbocycles. The Labute approximate surface area is 124 Å². The van der Waals surface area contributed by atoms with Crippen molar-refractivity contribution in [1.82, 2.24) is 19.9 Å². The van der Waals surface area contributed by atoms with Gasteiger partial charge in [-0.1, -0.05) is 24.3 Å². The molecule has 3 aromatic rings. The summed E-state index contributed by atoms with van der Waals surface area (Å²) in [6, 6.07) is 6.70. The van der Waals surface area contributed by atoms with Gasteiger partial charge in [0.2, 0.25) is 17.5 Å². The number of aromatic amines is 1. The lowest BCUT2D eigenvalue weighted by Crippen LogP contribution is -2.20. The molecule has 106 valence electrons. The first-order valence-electron chi connectivity index (χ1n) is 6.51. The minimum absolute atomic E-state index is 0.121. The van der Waals surface area contributed by atoms with E-state index in [0.29, 0.717) is 22.5 Å². The van der Waals surface area contributed by atoms with E-state index in [4.69, 9.17) is 5.73 Å². The van der Waals surface area contributed by atoms with Crippen LogP contribution >= 0.6 is 0 Å². The van der Waals surface area contributed by atoms with Crippen molar-refractivity contribution >= 4 is 17.5 Å². The highest BCUT2D eigenvalue weighted by Gasteiger charge is 2.33. The number of nitrogens with two attached hydrogens (primary N) is 1. The Morgan fingerprint density at radius 1 is 0.955 bits per heavy atom. The number of hydrogen-bond donors (Lipinski definition) is 2. The van der Waals surface area contributed by atoms with Crippen molar-refractivity contribution in [1.29, 1.82) is 0 Å². The van der Waals surface area contributed by atoms with Crippen LogP contribution in [0.2, 0.25) is 0 Å². The first-order chi connectivity index (χ1) is 10.6. The van der Waals surface area contributed by atoms with Gasteiger partial charge in [-0.2, -0.15) is 0 Å². The molecule has 0 amide bonds. The maximum atomic E-state index is 12.5. The molecule has 7 heteroatoms. The van der Waals surface area contributed by atoms with Crippen LogP contribution in [0.3, 0.4) is 0 Å². The second-order valence-corrected chi connectivity index (χ2v) is 4.84. The maximum absolute atomic E-state index is 12.5. The van der Waals surface area contributed by atoms with Crippen molar-refractivity contribution in [2.45, 2.75) is 0 Å². The average Bonchev–Trinajstić information content (AvgIpc) is 2.99. The summed E-state index contributed by atoms with van der Waals surface area (Å²) < 4.78 is 0. The summed E-state index contributed by atoms with van der Waals surface area (Å²) in [6.45, 7) is 0. The fourth-order valence-electron chi connectivity index (χ4n) is 2.44. The Bertz CT molecular complexity index is 875. The maximum Gasteiger partial charge on any atom is 0.219 e. The highest BCUT2D eigenvalue weighted by Crippen LogP contribution is 2.27. The van der Waals surface area contributed by atoms with Gasteiger partial charge >= 0.3 is 0 Å². The molecule has 1 aliphatic rings. The lowest BCUT2D eigenvalue weighted by atomic mass is 9.90. The number of ketones is 2. The van der Waals surface area contributed by atoms with Crippen LogP contribution < -0.4 is 5.73 Å². The third-order valence-corrected chi connectivity index (χ3v) is 3.51. The van der Waals surface area contributed by atoms with Gasteiger partial charge in [0.15, 0.2) is 0 Å². The van der Waals surface area contributed by atoms with Crippen LogP contribution in [0.15, 0.2) is 36.7 Å². The number of carbonyl (C=O) groups excluding carboxylic acids is 2. The molecule has 4 rings (SSSR count). The lowest BCUT2D eigenvalue weighted by Gasteiger charge is -2.11. The van der Waals surface area contributed by atoms with Crippen LogP contribution in [0.1, 0.15) is 32.1 Å². The molecule has 0 saturated carbocycles. The minimum Gasteiger partial charge on any atom is -0.368 e. The summed E-state index contributed by atoms with van der Waals surface area (Å²) >= 11 is 0. The third kappa shape index (κ3) is 1.65. The molecule has 0 atom stereocenters. The number of H-pyrrole nitrogens is 1. The lowest BCUT2D eigenvalue weighted by molar-refractivity contribution is 0.0974. The van der Waals surface area contributed by atoms with Crippen molar-refractivity contribution < 1.29 is 9.59 Å². The SMILES string of the molecule is Nc1ncc(-c2nc3c([nH]2)C(=O)c2ccccc2C3=O)cn1. The van der Waals surface area contributed by atoms with Crippen LogP contribution in [-0.2, 0) is 0 Å². The van der Waals surface area contributed by atoms with Gasteiger partial charge in [0.05, 0.1) is 5.56 Å². The summed E-state index contributed by atoms with van der Waals surface area (Å²) in [6.07, 6.45) is 2.96. The van der Waals surface area contributed by atoms with Gasteiger partial charge in [-0.05, 0) is 0 Å². The van der Waals surface area contributed by atoms with E-state index in [-0.39, 0.29) is 28.9 Å². The molecule has 0 spiro atoms. The normalized spacial score (nSPS) is 12.9. The summed E-state index contributed by atoms with van der Waals surface area (Å²) in [5.41, 5.74) is 7.05. The van der Waals surface area contributed by atoms with Crippen LogP contribution in [0.4, 0.5) is 5.95 Å². The van der Waals surface area contributed by atoms with E-state index in [1.165, 1.54) is 12.4 Å². The molecule has 0 radical (unpaired) electrons. The third-order valence-electron chi connectivity index (χ3n) is 3.51. The number of hydrogen-bond acceptors (Lipinski definition) is 6. The van der Waals surface area contributed by atoms with Crippen molar-refractivity contribution in [2.75, 3.05) is 5.73 Å². The minimum atomic E-state index is -0.274. The fraction of sp³-hybridized carbons (Fsp3) is 0. The topological polar surface area (TPSA) is 115 Å². The van der Waals surface area contributed by atoms with E-state index in [1.807, 2.05) is 0 Å². The summed E-state index contributed by atoms with van der Waals surface area (Å²) in [5, 5.41) is 0. The first-order valence-corrected chi connectivity index (χ1v) is 6.51. The number of anilines is 1. The van der Waals surface area contributed by atoms with Crippen LogP contribution in [0.25, 0.3) is 11.4 Å². The van der Waals surface area contributed by atoms with Crippen molar-refractivity contribution in [3.8, 4) is 11.4 Å². The summed E-state index contributed by atoms with van der Waals surface area (Å²) in [7, 11) is 0. The molecule has 0 bridgehead atoms. The van der Waals surface area contributed by atoms with Gasteiger partial charge in [-0.25, -0.2) is 15.0 Å². The second kappa shape index (κ2) is 4.32. The van der Waals surface area contributed by atoms with E-state index in [2.05, 4.69) is 19.9 Å². The smallest absolute Gasteiger partial charge is 0.219 e. The molecular weight excluding hydrogens is 282 g/mol. The molecule has 1 aliphatic carbocycles. The monoisotopic (exact) mass is 291 g/mol. The van der Waals surface area contributed by atoms with Crippen molar-refractivity contribution in [3.63, 3.8) is 0 Å². The van der Waals surface area contributed by atoms with Crippen molar-refractivity contribution in [2.24, 2.45) is 0 Å². The zero-order valence-electron chi connectivity index (χ0n) is 11.2. The van der Waals surface area contributed by atoms with E-state index in [1.54, 1.807) is 24.3 Å². The molecule has 2 heterocycles. The highest BCUT2D eigenvalue weighted by atomic mass is 16.1. The Balaban J connectivity index is 1.88. The molecular formula is C15H9N5O2. The molecule has 22 heavy (non-hydrogen) atoms. The number of benzene rings is 1.